The smallest absolute Gasteiger partial charge is 0.235 e. The van der Waals surface area contributed by atoms with Gasteiger partial charge in [0.2, 0.25) is 11.3 Å². The Kier molecular flexibility index (Phi) is 5.45. The van der Waals surface area contributed by atoms with Gasteiger partial charge in [-0.3, -0.25) is 9.59 Å². The maximum absolute atomic E-state index is 12.8. The number of hydrogen-bond donors (Lipinski definition) is 3. The fourth-order valence-electron chi connectivity index (χ4n) is 3.14. The molecule has 0 aliphatic heterocycles. The Labute approximate surface area is 173 Å². The Bertz CT molecular complexity index is 1160. The van der Waals surface area contributed by atoms with E-state index in [-0.39, 0.29) is 11.6 Å². The molecule has 0 unspecified atom stereocenters. The van der Waals surface area contributed by atoms with Crippen molar-refractivity contribution >= 4 is 28.5 Å². The molecule has 0 aliphatic rings. The summed E-state index contributed by atoms with van der Waals surface area (Å²) in [7, 11) is 0. The van der Waals surface area contributed by atoms with Crippen molar-refractivity contribution in [2.45, 2.75) is 47.7 Å². The first-order chi connectivity index (χ1) is 13.5. The standard InChI is InChI=1S/C21H25ClN4O3/c1-6-26-19-15(11(2)25-26)17(27)18(28)16(24-19)13-9-12(7-8-14(13)22)10-23-20(29)21(3,4)5/h7-9,28H,6,10H2,1-5H3,(H,23,29)(H,24,27). The topological polar surface area (TPSA) is 100 Å². The minimum absolute atomic E-state index is 0.0750. The van der Waals surface area contributed by atoms with Crippen molar-refractivity contribution in [2.24, 2.45) is 5.41 Å². The van der Waals surface area contributed by atoms with Gasteiger partial charge in [0.1, 0.15) is 5.65 Å². The van der Waals surface area contributed by atoms with Crippen LogP contribution < -0.4 is 10.7 Å². The molecule has 0 radical (unpaired) electrons. The third-order valence-corrected chi connectivity index (χ3v) is 5.11. The number of amides is 1. The third-order valence-electron chi connectivity index (χ3n) is 4.78. The van der Waals surface area contributed by atoms with Crippen LogP contribution in [0, 0.1) is 12.3 Å². The number of nitrogens with zero attached hydrogens (tertiary/aromatic N) is 2. The molecule has 0 bridgehead atoms. The highest BCUT2D eigenvalue weighted by Gasteiger charge is 2.22. The largest absolute Gasteiger partial charge is 0.503 e. The van der Waals surface area contributed by atoms with E-state index >= 15 is 0 Å². The molecular weight excluding hydrogens is 392 g/mol. The van der Waals surface area contributed by atoms with Gasteiger partial charge in [-0.2, -0.15) is 5.10 Å². The number of hydrogen-bond acceptors (Lipinski definition) is 4. The van der Waals surface area contributed by atoms with Gasteiger partial charge in [-0.25, -0.2) is 4.68 Å². The number of H-pyrrole nitrogens is 1. The first kappa shape index (κ1) is 20.9. The lowest BCUT2D eigenvalue weighted by Crippen LogP contribution is -2.34. The number of nitrogens with one attached hydrogen (secondary N) is 2. The average molecular weight is 417 g/mol. The van der Waals surface area contributed by atoms with Crippen molar-refractivity contribution in [3.8, 4) is 17.0 Å². The SMILES string of the molecule is CCn1nc(C)c2c(=O)c(O)c(-c3cc(CNC(=O)C(C)(C)C)ccc3Cl)[nH]c21. The monoisotopic (exact) mass is 416 g/mol. The summed E-state index contributed by atoms with van der Waals surface area (Å²) in [5.41, 5.74) is 1.59. The van der Waals surface area contributed by atoms with Gasteiger partial charge in [0.15, 0.2) is 5.75 Å². The van der Waals surface area contributed by atoms with Crippen molar-refractivity contribution in [3.05, 3.63) is 44.7 Å². The van der Waals surface area contributed by atoms with Gasteiger partial charge >= 0.3 is 0 Å². The van der Waals surface area contributed by atoms with E-state index in [0.717, 1.165) is 5.56 Å². The van der Waals surface area contributed by atoms with Crippen LogP contribution in [-0.4, -0.2) is 25.8 Å². The summed E-state index contributed by atoms with van der Waals surface area (Å²) in [5, 5.41) is 18.6. The predicted molar refractivity (Wildman–Crippen MR) is 114 cm³/mol. The number of carbonyl (C=O) groups excluding carboxylic acids is 1. The maximum atomic E-state index is 12.8. The van der Waals surface area contributed by atoms with Gasteiger partial charge in [-0.15, -0.1) is 0 Å². The molecule has 3 N–H and O–H groups in total. The summed E-state index contributed by atoms with van der Waals surface area (Å²) in [4.78, 5) is 28.0. The first-order valence-corrected chi connectivity index (χ1v) is 9.81. The van der Waals surface area contributed by atoms with Crippen LogP contribution >= 0.6 is 11.6 Å². The molecule has 8 heteroatoms. The van der Waals surface area contributed by atoms with E-state index in [2.05, 4.69) is 15.4 Å². The van der Waals surface area contributed by atoms with Crippen LogP contribution in [0.4, 0.5) is 0 Å². The number of aromatic hydroxyl groups is 1. The van der Waals surface area contributed by atoms with E-state index in [1.54, 1.807) is 29.8 Å². The van der Waals surface area contributed by atoms with E-state index in [4.69, 9.17) is 11.6 Å². The fraction of sp³-hybridized carbons (Fsp3) is 0.381. The molecule has 0 atom stereocenters. The molecule has 1 amide bonds. The van der Waals surface area contributed by atoms with E-state index in [1.807, 2.05) is 27.7 Å². The molecule has 0 fully saturated rings. The zero-order chi connectivity index (χ0) is 21.5. The molecule has 154 valence electrons. The van der Waals surface area contributed by atoms with Crippen LogP contribution in [0.1, 0.15) is 39.0 Å². The van der Waals surface area contributed by atoms with Crippen molar-refractivity contribution in [3.63, 3.8) is 0 Å². The molecule has 2 aromatic heterocycles. The van der Waals surface area contributed by atoms with Gasteiger partial charge < -0.3 is 15.4 Å². The zero-order valence-electron chi connectivity index (χ0n) is 17.2. The van der Waals surface area contributed by atoms with Crippen molar-refractivity contribution in [1.82, 2.24) is 20.1 Å². The van der Waals surface area contributed by atoms with Crippen molar-refractivity contribution in [1.29, 1.82) is 0 Å². The van der Waals surface area contributed by atoms with Gasteiger partial charge in [0, 0.05) is 24.1 Å². The van der Waals surface area contributed by atoms with Crippen LogP contribution in [0.3, 0.4) is 0 Å². The number of aromatic amines is 1. The molecule has 1 aromatic carbocycles. The number of fused-ring (bicyclic) bond motifs is 1. The minimum atomic E-state index is -0.500. The lowest BCUT2D eigenvalue weighted by molar-refractivity contribution is -0.128. The van der Waals surface area contributed by atoms with Gasteiger partial charge in [-0.1, -0.05) is 38.4 Å². The van der Waals surface area contributed by atoms with E-state index in [0.29, 0.717) is 40.4 Å². The highest BCUT2D eigenvalue weighted by molar-refractivity contribution is 6.33. The Morgan fingerprint density at radius 3 is 2.66 bits per heavy atom. The summed E-state index contributed by atoms with van der Waals surface area (Å²) < 4.78 is 1.68. The van der Waals surface area contributed by atoms with E-state index in [1.165, 1.54) is 0 Å². The number of benzene rings is 1. The molecule has 3 rings (SSSR count). The van der Waals surface area contributed by atoms with Crippen molar-refractivity contribution in [2.75, 3.05) is 0 Å². The highest BCUT2D eigenvalue weighted by atomic mass is 35.5. The Morgan fingerprint density at radius 2 is 2.03 bits per heavy atom. The van der Waals surface area contributed by atoms with E-state index < -0.39 is 16.6 Å². The number of pyridine rings is 1. The lowest BCUT2D eigenvalue weighted by Gasteiger charge is -2.18. The Hall–Kier alpha value is -2.80. The molecule has 7 nitrogen and oxygen atoms in total. The van der Waals surface area contributed by atoms with Gasteiger partial charge in [-0.05, 0) is 31.5 Å². The van der Waals surface area contributed by atoms with Gasteiger partial charge in [0.05, 0.1) is 21.8 Å². The second-order valence-electron chi connectivity index (χ2n) is 8.05. The number of aromatic nitrogens is 3. The lowest BCUT2D eigenvalue weighted by atomic mass is 9.95. The number of halogens is 1. The minimum Gasteiger partial charge on any atom is -0.503 e. The first-order valence-electron chi connectivity index (χ1n) is 9.44. The molecular formula is C21H25ClN4O3. The quantitative estimate of drug-likeness (QED) is 0.603. The Morgan fingerprint density at radius 1 is 1.34 bits per heavy atom. The van der Waals surface area contributed by atoms with Crippen LogP contribution in [0.15, 0.2) is 23.0 Å². The summed E-state index contributed by atoms with van der Waals surface area (Å²) in [6.45, 7) is 10.0. The highest BCUT2D eigenvalue weighted by Crippen LogP contribution is 2.33. The molecule has 0 aliphatic carbocycles. The predicted octanol–water partition coefficient (Wildman–Crippen LogP) is 3.74. The van der Waals surface area contributed by atoms with Gasteiger partial charge in [0.25, 0.3) is 0 Å². The fourth-order valence-corrected chi connectivity index (χ4v) is 3.35. The summed E-state index contributed by atoms with van der Waals surface area (Å²) in [6.07, 6.45) is 0. The van der Waals surface area contributed by atoms with Crippen LogP contribution in [0.5, 0.6) is 5.75 Å². The number of aryl methyl sites for hydroxylation is 2. The second kappa shape index (κ2) is 7.55. The maximum Gasteiger partial charge on any atom is 0.235 e. The normalized spacial score (nSPS) is 11.8. The van der Waals surface area contributed by atoms with Crippen molar-refractivity contribution < 1.29 is 9.90 Å². The van der Waals surface area contributed by atoms with E-state index in [9.17, 15) is 14.7 Å². The molecule has 2 heterocycles. The van der Waals surface area contributed by atoms with Crippen LogP contribution in [0.2, 0.25) is 5.02 Å². The molecule has 0 saturated carbocycles. The van der Waals surface area contributed by atoms with Crippen LogP contribution in [0.25, 0.3) is 22.3 Å². The average Bonchev–Trinajstić information content (AvgIpc) is 2.98. The number of rotatable bonds is 4. The molecule has 0 spiro atoms. The molecule has 0 saturated heterocycles. The molecule has 3 aromatic rings. The summed E-state index contributed by atoms with van der Waals surface area (Å²) in [6, 6.07) is 5.23. The zero-order valence-corrected chi connectivity index (χ0v) is 17.9. The third kappa shape index (κ3) is 3.87. The second-order valence-corrected chi connectivity index (χ2v) is 8.46. The summed E-state index contributed by atoms with van der Waals surface area (Å²) in [5.74, 6) is -0.483. The number of carbonyl (C=O) groups is 1. The van der Waals surface area contributed by atoms with Crippen LogP contribution in [-0.2, 0) is 17.9 Å². The molecule has 29 heavy (non-hydrogen) atoms. The Balaban J connectivity index is 2.09. The summed E-state index contributed by atoms with van der Waals surface area (Å²) >= 11 is 6.38.